The van der Waals surface area contributed by atoms with Crippen LogP contribution in [0, 0.1) is 0 Å². The van der Waals surface area contributed by atoms with Crippen molar-refractivity contribution in [1.29, 1.82) is 0 Å². The van der Waals surface area contributed by atoms with Crippen molar-refractivity contribution in [2.45, 2.75) is 17.7 Å². The number of hydrogen-bond donors (Lipinski definition) is 2. The summed E-state index contributed by atoms with van der Waals surface area (Å²) in [4.78, 5) is 26.6. The average molecular weight is 475 g/mol. The second kappa shape index (κ2) is 11.3. The van der Waals surface area contributed by atoms with E-state index in [0.29, 0.717) is 56.1 Å². The second-order valence-corrected chi connectivity index (χ2v) is 9.81. The number of likely N-dealkylation sites (N-methyl/N-ethyl adjacent to an activating group) is 1. The lowest BCUT2D eigenvalue weighted by Crippen LogP contribution is -2.46. The largest absolute Gasteiger partial charge is 0.497 e. The Morgan fingerprint density at radius 1 is 0.970 bits per heavy atom. The SMILES string of the molecule is COc1ccc(C(=O)NCCCC(=O)Nc2ccc(S(=O)(=O)N3CCN(C)CC3)cc2)cc1. The molecule has 1 aliphatic rings. The molecule has 3 rings (SSSR count). The van der Waals surface area contributed by atoms with Gasteiger partial charge in [-0.15, -0.1) is 0 Å². The number of rotatable bonds is 9. The number of ether oxygens (including phenoxy) is 1. The molecule has 2 amide bonds. The van der Waals surface area contributed by atoms with E-state index in [-0.39, 0.29) is 23.1 Å². The van der Waals surface area contributed by atoms with Gasteiger partial charge in [-0.05, 0) is 62.0 Å². The molecule has 10 heteroatoms. The van der Waals surface area contributed by atoms with Crippen LogP contribution < -0.4 is 15.4 Å². The Morgan fingerprint density at radius 2 is 1.61 bits per heavy atom. The van der Waals surface area contributed by atoms with Crippen LogP contribution in [-0.4, -0.2) is 76.3 Å². The van der Waals surface area contributed by atoms with Gasteiger partial charge < -0.3 is 20.3 Å². The summed E-state index contributed by atoms with van der Waals surface area (Å²) in [5.41, 5.74) is 1.05. The average Bonchev–Trinajstić information content (AvgIpc) is 2.82. The van der Waals surface area contributed by atoms with E-state index in [0.717, 1.165) is 0 Å². The quantitative estimate of drug-likeness (QED) is 0.537. The minimum Gasteiger partial charge on any atom is -0.497 e. The molecule has 1 fully saturated rings. The summed E-state index contributed by atoms with van der Waals surface area (Å²) in [5.74, 6) is 0.256. The highest BCUT2D eigenvalue weighted by Gasteiger charge is 2.27. The van der Waals surface area contributed by atoms with Crippen molar-refractivity contribution >= 4 is 27.5 Å². The normalized spacial score (nSPS) is 15.1. The highest BCUT2D eigenvalue weighted by atomic mass is 32.2. The Labute approximate surface area is 194 Å². The molecular formula is C23H30N4O5S. The van der Waals surface area contributed by atoms with Gasteiger partial charge in [0, 0.05) is 50.4 Å². The summed E-state index contributed by atoms with van der Waals surface area (Å²) in [5, 5.41) is 5.54. The summed E-state index contributed by atoms with van der Waals surface area (Å²) < 4.78 is 32.1. The van der Waals surface area contributed by atoms with Gasteiger partial charge in [-0.1, -0.05) is 0 Å². The Morgan fingerprint density at radius 3 is 2.21 bits per heavy atom. The van der Waals surface area contributed by atoms with Crippen LogP contribution in [0.4, 0.5) is 5.69 Å². The summed E-state index contributed by atoms with van der Waals surface area (Å²) in [6, 6.07) is 13.0. The van der Waals surface area contributed by atoms with Gasteiger partial charge in [0.25, 0.3) is 5.91 Å². The van der Waals surface area contributed by atoms with Gasteiger partial charge in [0.15, 0.2) is 0 Å². The van der Waals surface area contributed by atoms with Crippen molar-refractivity contribution in [3.05, 3.63) is 54.1 Å². The van der Waals surface area contributed by atoms with Gasteiger partial charge in [-0.25, -0.2) is 8.42 Å². The molecule has 0 saturated carbocycles. The molecule has 1 heterocycles. The molecule has 0 aliphatic carbocycles. The third-order valence-electron chi connectivity index (χ3n) is 5.46. The maximum atomic E-state index is 12.8. The van der Waals surface area contributed by atoms with Gasteiger partial charge in [0.05, 0.1) is 12.0 Å². The Hall–Kier alpha value is -2.95. The van der Waals surface area contributed by atoms with Gasteiger partial charge in [-0.2, -0.15) is 4.31 Å². The van der Waals surface area contributed by atoms with E-state index in [4.69, 9.17) is 4.74 Å². The Kier molecular flexibility index (Phi) is 8.43. The topological polar surface area (TPSA) is 108 Å². The molecule has 2 aromatic carbocycles. The highest BCUT2D eigenvalue weighted by Crippen LogP contribution is 2.20. The number of amides is 2. The van der Waals surface area contributed by atoms with E-state index >= 15 is 0 Å². The first-order valence-corrected chi connectivity index (χ1v) is 12.2. The molecule has 2 aromatic rings. The molecule has 0 aromatic heterocycles. The predicted molar refractivity (Wildman–Crippen MR) is 126 cm³/mol. The van der Waals surface area contributed by atoms with Gasteiger partial charge in [-0.3, -0.25) is 9.59 Å². The Balaban J connectivity index is 1.42. The van der Waals surface area contributed by atoms with Crippen molar-refractivity contribution in [3.63, 3.8) is 0 Å². The number of benzene rings is 2. The molecule has 1 saturated heterocycles. The summed E-state index contributed by atoms with van der Waals surface area (Å²) in [7, 11) is -0.00753. The first-order chi connectivity index (χ1) is 15.8. The van der Waals surface area contributed by atoms with E-state index < -0.39 is 10.0 Å². The van der Waals surface area contributed by atoms with E-state index in [2.05, 4.69) is 15.5 Å². The fourth-order valence-corrected chi connectivity index (χ4v) is 4.83. The number of nitrogens with zero attached hydrogens (tertiary/aromatic N) is 2. The number of methoxy groups -OCH3 is 1. The monoisotopic (exact) mass is 474 g/mol. The molecule has 178 valence electrons. The van der Waals surface area contributed by atoms with Crippen LogP contribution in [0.15, 0.2) is 53.4 Å². The fourth-order valence-electron chi connectivity index (χ4n) is 3.41. The smallest absolute Gasteiger partial charge is 0.251 e. The van der Waals surface area contributed by atoms with E-state index in [1.54, 1.807) is 43.5 Å². The van der Waals surface area contributed by atoms with Gasteiger partial charge in [0.1, 0.15) is 5.75 Å². The lowest BCUT2D eigenvalue weighted by Gasteiger charge is -2.31. The summed E-state index contributed by atoms with van der Waals surface area (Å²) in [6.45, 7) is 2.70. The predicted octanol–water partition coefficient (Wildman–Crippen LogP) is 1.78. The minimum atomic E-state index is -3.54. The first-order valence-electron chi connectivity index (χ1n) is 10.8. The molecule has 2 N–H and O–H groups in total. The zero-order chi connectivity index (χ0) is 23.8. The number of sulfonamides is 1. The van der Waals surface area contributed by atoms with Crippen LogP contribution in [-0.2, 0) is 14.8 Å². The molecule has 0 atom stereocenters. The van der Waals surface area contributed by atoms with Crippen molar-refractivity contribution in [2.75, 3.05) is 52.2 Å². The molecule has 0 unspecified atom stereocenters. The lowest BCUT2D eigenvalue weighted by atomic mass is 10.2. The van der Waals surface area contributed by atoms with Crippen LogP contribution in [0.25, 0.3) is 0 Å². The van der Waals surface area contributed by atoms with Gasteiger partial charge >= 0.3 is 0 Å². The highest BCUT2D eigenvalue weighted by molar-refractivity contribution is 7.89. The molecular weight excluding hydrogens is 444 g/mol. The van der Waals surface area contributed by atoms with Crippen LogP contribution in [0.2, 0.25) is 0 Å². The molecule has 9 nitrogen and oxygen atoms in total. The van der Waals surface area contributed by atoms with Crippen LogP contribution in [0.1, 0.15) is 23.2 Å². The van der Waals surface area contributed by atoms with Crippen LogP contribution in [0.3, 0.4) is 0 Å². The van der Waals surface area contributed by atoms with E-state index in [1.165, 1.54) is 16.4 Å². The lowest BCUT2D eigenvalue weighted by molar-refractivity contribution is -0.116. The molecule has 0 radical (unpaired) electrons. The number of hydrogen-bond acceptors (Lipinski definition) is 6. The Bertz CT molecular complexity index is 1050. The van der Waals surface area contributed by atoms with Crippen LogP contribution >= 0.6 is 0 Å². The molecule has 33 heavy (non-hydrogen) atoms. The summed E-state index contributed by atoms with van der Waals surface area (Å²) >= 11 is 0. The fraction of sp³-hybridized carbons (Fsp3) is 0.391. The first kappa shape index (κ1) is 24.7. The van der Waals surface area contributed by atoms with Gasteiger partial charge in [0.2, 0.25) is 15.9 Å². The van der Waals surface area contributed by atoms with E-state index in [9.17, 15) is 18.0 Å². The number of anilines is 1. The second-order valence-electron chi connectivity index (χ2n) is 7.87. The molecule has 0 spiro atoms. The van der Waals surface area contributed by atoms with Crippen molar-refractivity contribution < 1.29 is 22.7 Å². The minimum absolute atomic E-state index is 0.205. The number of carbonyl (C=O) groups excluding carboxylic acids is 2. The van der Waals surface area contributed by atoms with Crippen LogP contribution in [0.5, 0.6) is 5.75 Å². The third kappa shape index (κ3) is 6.77. The molecule has 1 aliphatic heterocycles. The van der Waals surface area contributed by atoms with Crippen molar-refractivity contribution in [3.8, 4) is 5.75 Å². The zero-order valence-corrected chi connectivity index (χ0v) is 19.7. The standard InChI is InChI=1S/C23H30N4O5S/c1-26-14-16-27(17-15-26)33(30,31)21-11-7-19(8-12-21)25-22(28)4-3-13-24-23(29)18-5-9-20(32-2)10-6-18/h5-12H,3-4,13-17H2,1-2H3,(H,24,29)(H,25,28). The van der Waals surface area contributed by atoms with E-state index in [1.807, 2.05) is 7.05 Å². The van der Waals surface area contributed by atoms with Crippen molar-refractivity contribution in [1.82, 2.24) is 14.5 Å². The maximum absolute atomic E-state index is 12.8. The summed E-state index contributed by atoms with van der Waals surface area (Å²) in [6.07, 6.45) is 0.702. The maximum Gasteiger partial charge on any atom is 0.251 e. The molecule has 0 bridgehead atoms. The zero-order valence-electron chi connectivity index (χ0n) is 18.9. The third-order valence-corrected chi connectivity index (χ3v) is 7.37. The number of carbonyl (C=O) groups is 2. The number of nitrogens with one attached hydrogen (secondary N) is 2. The number of piperazine rings is 1. The van der Waals surface area contributed by atoms with Crippen molar-refractivity contribution in [2.24, 2.45) is 0 Å².